The SMILES string of the molecule is CC(C)(C)OC(=O)NCC1CCC(C(=O)NC(Cc2ccc(-c3ccccc3CO)cc2)C(=O)Nc2ccc(-c3nn[nH]n3)cc2)CC1. The molecule has 0 radical (unpaired) electrons. The second-order valence-corrected chi connectivity index (χ2v) is 13.2. The van der Waals surface area contributed by atoms with Gasteiger partial charge in [-0.3, -0.25) is 9.59 Å². The van der Waals surface area contributed by atoms with Crippen LogP contribution in [0.15, 0.2) is 72.8 Å². The van der Waals surface area contributed by atoms with Gasteiger partial charge in [0.15, 0.2) is 0 Å². The molecule has 48 heavy (non-hydrogen) atoms. The molecule has 1 aromatic heterocycles. The molecule has 12 heteroatoms. The molecule has 3 aromatic carbocycles. The Morgan fingerprint density at radius 3 is 2.27 bits per heavy atom. The highest BCUT2D eigenvalue weighted by Gasteiger charge is 2.30. The van der Waals surface area contributed by atoms with Gasteiger partial charge < -0.3 is 25.8 Å². The summed E-state index contributed by atoms with van der Waals surface area (Å²) in [5.41, 5.74) is 4.35. The second-order valence-electron chi connectivity index (χ2n) is 13.2. The molecule has 1 atom stereocenters. The largest absolute Gasteiger partial charge is 0.444 e. The number of carbonyl (C=O) groups excluding carboxylic acids is 3. The molecule has 1 heterocycles. The number of aromatic nitrogens is 4. The number of carbonyl (C=O) groups is 3. The fourth-order valence-corrected chi connectivity index (χ4v) is 5.88. The Kier molecular flexibility index (Phi) is 11.2. The molecule has 0 aliphatic heterocycles. The number of hydrogen-bond donors (Lipinski definition) is 5. The number of ether oxygens (including phenoxy) is 1. The van der Waals surface area contributed by atoms with Crippen molar-refractivity contribution in [3.05, 3.63) is 83.9 Å². The molecule has 12 nitrogen and oxygen atoms in total. The van der Waals surface area contributed by atoms with Gasteiger partial charge in [0.2, 0.25) is 17.6 Å². The van der Waals surface area contributed by atoms with Crippen LogP contribution < -0.4 is 16.0 Å². The summed E-state index contributed by atoms with van der Waals surface area (Å²) in [6.45, 7) is 5.91. The van der Waals surface area contributed by atoms with E-state index in [1.165, 1.54) is 0 Å². The maximum atomic E-state index is 13.7. The molecule has 3 amide bonds. The fraction of sp³-hybridized carbons (Fsp3) is 0.389. The average Bonchev–Trinajstić information content (AvgIpc) is 3.62. The molecule has 0 spiro atoms. The predicted octanol–water partition coefficient (Wildman–Crippen LogP) is 5.02. The summed E-state index contributed by atoms with van der Waals surface area (Å²) in [4.78, 5) is 39.3. The predicted molar refractivity (Wildman–Crippen MR) is 181 cm³/mol. The lowest BCUT2D eigenvalue weighted by atomic mass is 9.81. The first-order valence-corrected chi connectivity index (χ1v) is 16.3. The van der Waals surface area contributed by atoms with Crippen LogP contribution in [-0.4, -0.2) is 61.8 Å². The molecule has 0 saturated heterocycles. The minimum absolute atomic E-state index is 0.0650. The van der Waals surface area contributed by atoms with Gasteiger partial charge in [0.1, 0.15) is 11.6 Å². The summed E-state index contributed by atoms with van der Waals surface area (Å²) >= 11 is 0. The third-order valence-electron chi connectivity index (χ3n) is 8.43. The average molecular weight is 654 g/mol. The number of aliphatic hydroxyl groups excluding tert-OH is 1. The third kappa shape index (κ3) is 9.47. The number of H-pyrrole nitrogens is 1. The van der Waals surface area contributed by atoms with Crippen molar-refractivity contribution in [1.82, 2.24) is 31.3 Å². The van der Waals surface area contributed by atoms with E-state index in [9.17, 15) is 19.5 Å². The van der Waals surface area contributed by atoms with Gasteiger partial charge >= 0.3 is 6.09 Å². The van der Waals surface area contributed by atoms with Crippen molar-refractivity contribution in [2.45, 2.75) is 71.1 Å². The maximum Gasteiger partial charge on any atom is 0.407 e. The lowest BCUT2D eigenvalue weighted by Gasteiger charge is -2.29. The van der Waals surface area contributed by atoms with E-state index in [1.54, 1.807) is 24.3 Å². The summed E-state index contributed by atoms with van der Waals surface area (Å²) in [5.74, 6) is -0.0241. The van der Waals surface area contributed by atoms with Crippen molar-refractivity contribution in [3.8, 4) is 22.5 Å². The Hall–Kier alpha value is -5.10. The van der Waals surface area contributed by atoms with Gasteiger partial charge in [-0.25, -0.2) is 4.79 Å². The van der Waals surface area contributed by atoms with Gasteiger partial charge in [0.05, 0.1) is 6.61 Å². The number of alkyl carbamates (subject to hydrolysis) is 1. The number of anilines is 1. The van der Waals surface area contributed by atoms with E-state index < -0.39 is 17.7 Å². The molecule has 1 unspecified atom stereocenters. The van der Waals surface area contributed by atoms with E-state index in [4.69, 9.17) is 4.74 Å². The topological polar surface area (TPSA) is 171 Å². The zero-order valence-corrected chi connectivity index (χ0v) is 27.5. The van der Waals surface area contributed by atoms with Crippen molar-refractivity contribution in [3.63, 3.8) is 0 Å². The highest BCUT2D eigenvalue weighted by molar-refractivity contribution is 5.97. The van der Waals surface area contributed by atoms with E-state index in [2.05, 4.69) is 36.6 Å². The Bertz CT molecular complexity index is 1660. The fourth-order valence-electron chi connectivity index (χ4n) is 5.88. The number of hydrogen-bond acceptors (Lipinski definition) is 8. The summed E-state index contributed by atoms with van der Waals surface area (Å²) in [6, 6.07) is 21.7. The van der Waals surface area contributed by atoms with Crippen LogP contribution in [-0.2, 0) is 27.4 Å². The molecule has 4 aromatic rings. The number of aromatic amines is 1. The first-order chi connectivity index (χ1) is 23.1. The highest BCUT2D eigenvalue weighted by atomic mass is 16.6. The number of nitrogens with zero attached hydrogens (tertiary/aromatic N) is 3. The van der Waals surface area contributed by atoms with Crippen LogP contribution in [0.4, 0.5) is 10.5 Å². The summed E-state index contributed by atoms with van der Waals surface area (Å²) in [5, 5.41) is 32.6. The van der Waals surface area contributed by atoms with E-state index in [0.717, 1.165) is 40.7 Å². The summed E-state index contributed by atoms with van der Waals surface area (Å²) in [6.07, 6.45) is 2.75. The first kappa shape index (κ1) is 34.2. The minimum atomic E-state index is -0.823. The van der Waals surface area contributed by atoms with Crippen LogP contribution in [0.2, 0.25) is 0 Å². The Labute approximate surface area is 280 Å². The number of aliphatic hydroxyl groups is 1. The molecule has 1 aliphatic rings. The monoisotopic (exact) mass is 653 g/mol. The van der Waals surface area contributed by atoms with Gasteiger partial charge in [0.25, 0.3) is 0 Å². The zero-order valence-electron chi connectivity index (χ0n) is 27.5. The summed E-state index contributed by atoms with van der Waals surface area (Å²) < 4.78 is 5.34. The number of amides is 3. The minimum Gasteiger partial charge on any atom is -0.444 e. The Morgan fingerprint density at radius 1 is 0.938 bits per heavy atom. The molecule has 1 saturated carbocycles. The normalized spacial score (nSPS) is 16.8. The lowest BCUT2D eigenvalue weighted by molar-refractivity contribution is -0.130. The van der Waals surface area contributed by atoms with E-state index in [-0.39, 0.29) is 36.7 Å². The summed E-state index contributed by atoms with van der Waals surface area (Å²) in [7, 11) is 0. The van der Waals surface area contributed by atoms with E-state index in [0.29, 0.717) is 30.9 Å². The number of nitrogens with one attached hydrogen (secondary N) is 4. The molecule has 252 valence electrons. The van der Waals surface area contributed by atoms with Gasteiger partial charge in [-0.05, 0) is 104 Å². The Morgan fingerprint density at radius 2 is 1.62 bits per heavy atom. The highest BCUT2D eigenvalue weighted by Crippen LogP contribution is 2.29. The standard InChI is InChI=1S/C36H43N7O5/c1-36(2,3)48-35(47)37-21-24-10-14-27(15-11-24)33(45)39-31(34(46)38-29-18-16-26(17-19-29)32-40-42-43-41-32)20-23-8-12-25(13-9-23)30-7-5-4-6-28(30)22-44/h4-9,12-13,16-19,24,27,31,44H,10-11,14-15,20-22H2,1-3H3,(H,37,47)(H,38,46)(H,39,45)(H,40,41,42,43). The molecular formula is C36H43N7O5. The van der Waals surface area contributed by atoms with Gasteiger partial charge in [-0.2, -0.15) is 5.21 Å². The second kappa shape index (κ2) is 15.7. The molecule has 1 fully saturated rings. The van der Waals surface area contributed by atoms with E-state index >= 15 is 0 Å². The Balaban J connectivity index is 1.24. The van der Waals surface area contributed by atoms with Crippen molar-refractivity contribution in [2.24, 2.45) is 11.8 Å². The van der Waals surface area contributed by atoms with Crippen LogP contribution in [0, 0.1) is 11.8 Å². The van der Waals surface area contributed by atoms with Crippen LogP contribution >= 0.6 is 0 Å². The molecular weight excluding hydrogens is 610 g/mol. The van der Waals surface area contributed by atoms with E-state index in [1.807, 2.05) is 69.3 Å². The molecule has 5 N–H and O–H groups in total. The van der Waals surface area contributed by atoms with Crippen LogP contribution in [0.1, 0.15) is 57.6 Å². The quantitative estimate of drug-likeness (QED) is 0.150. The maximum absolute atomic E-state index is 13.7. The van der Waals surface area contributed by atoms with Crippen molar-refractivity contribution in [2.75, 3.05) is 11.9 Å². The molecule has 1 aliphatic carbocycles. The first-order valence-electron chi connectivity index (χ1n) is 16.3. The van der Waals surface area contributed by atoms with Gasteiger partial charge in [-0.15, -0.1) is 10.2 Å². The van der Waals surface area contributed by atoms with Gasteiger partial charge in [-0.1, -0.05) is 48.5 Å². The van der Waals surface area contributed by atoms with Gasteiger partial charge in [0, 0.05) is 30.1 Å². The third-order valence-corrected chi connectivity index (χ3v) is 8.43. The van der Waals surface area contributed by atoms with Crippen molar-refractivity contribution >= 4 is 23.6 Å². The number of rotatable bonds is 11. The van der Waals surface area contributed by atoms with Crippen LogP contribution in [0.3, 0.4) is 0 Å². The van der Waals surface area contributed by atoms with Crippen LogP contribution in [0.5, 0.6) is 0 Å². The molecule has 5 rings (SSSR count). The van der Waals surface area contributed by atoms with Crippen LogP contribution in [0.25, 0.3) is 22.5 Å². The smallest absolute Gasteiger partial charge is 0.407 e. The number of benzene rings is 3. The lowest BCUT2D eigenvalue weighted by Crippen LogP contribution is -2.48. The zero-order chi connectivity index (χ0) is 34.1. The number of tetrazole rings is 1. The molecule has 0 bridgehead atoms. The van der Waals surface area contributed by atoms with Crippen molar-refractivity contribution < 1.29 is 24.2 Å². The van der Waals surface area contributed by atoms with Crippen molar-refractivity contribution in [1.29, 1.82) is 0 Å².